The second kappa shape index (κ2) is 9.17. The average molecular weight is 122 g/mol. The summed E-state index contributed by atoms with van der Waals surface area (Å²) in [6.07, 6.45) is 0. The Balaban J connectivity index is 0. The van der Waals surface area contributed by atoms with Crippen LogP contribution in [0.5, 0.6) is 0 Å². The van der Waals surface area contributed by atoms with Gasteiger partial charge in [0.05, 0.1) is 0 Å². The molecular weight excluding hydrogens is 112 g/mol. The first-order chi connectivity index (χ1) is 3.15. The van der Waals surface area contributed by atoms with E-state index in [1.807, 2.05) is 0 Å². The highest BCUT2D eigenvalue weighted by atomic mass is 32.1. The minimum Gasteiger partial charge on any atom is -0.388 e. The molecule has 44 valence electrons. The summed E-state index contributed by atoms with van der Waals surface area (Å²) in [5, 5.41) is 0.000000000000000222. The second-order valence-corrected chi connectivity index (χ2v) is 1.28. The molecule has 0 radical (unpaired) electrons. The molecule has 0 atom stereocenters. The molecular formula is C3H10N2OS. The third-order valence-corrected chi connectivity index (χ3v) is 0. The van der Waals surface area contributed by atoms with Crippen LogP contribution in [0.25, 0.3) is 0 Å². The van der Waals surface area contributed by atoms with Gasteiger partial charge < -0.3 is 16.2 Å². The summed E-state index contributed by atoms with van der Waals surface area (Å²) in [5.41, 5.74) is 9.24. The lowest BCUT2D eigenvalue weighted by Gasteiger charge is -1.68. The fraction of sp³-hybridized carbons (Fsp3) is 0.667. The van der Waals surface area contributed by atoms with Crippen LogP contribution in [0.3, 0.4) is 0 Å². The van der Waals surface area contributed by atoms with Gasteiger partial charge in [0, 0.05) is 14.2 Å². The highest BCUT2D eigenvalue weighted by molar-refractivity contribution is 7.80. The van der Waals surface area contributed by atoms with E-state index in [1.165, 1.54) is 0 Å². The highest BCUT2D eigenvalue weighted by Crippen LogP contribution is 1.32. The van der Waals surface area contributed by atoms with Crippen molar-refractivity contribution in [3.8, 4) is 0 Å². The predicted molar refractivity (Wildman–Crippen MR) is 33.9 cm³/mol. The molecule has 0 amide bonds. The zero-order valence-electron chi connectivity index (χ0n) is 4.47. The maximum absolute atomic E-state index is 4.62. The molecule has 0 rings (SSSR count). The van der Waals surface area contributed by atoms with Crippen LogP contribution in [0.15, 0.2) is 0 Å². The lowest BCUT2D eigenvalue weighted by Crippen LogP contribution is -2.18. The number of thiocarbonyl (C=S) groups is 1. The molecule has 3 nitrogen and oxygen atoms in total. The van der Waals surface area contributed by atoms with Gasteiger partial charge in [-0.2, -0.15) is 0 Å². The Kier molecular flexibility index (Phi) is 12.9. The molecule has 0 unspecified atom stereocenters. The number of hydrogen-bond acceptors (Lipinski definition) is 2. The molecule has 4 heteroatoms. The van der Waals surface area contributed by atoms with E-state index < -0.39 is 0 Å². The molecule has 0 heterocycles. The Bertz CT molecular complexity index is 44.2. The third kappa shape index (κ3) is 614. The largest absolute Gasteiger partial charge is 0.388 e. The van der Waals surface area contributed by atoms with E-state index in [1.54, 1.807) is 14.2 Å². The van der Waals surface area contributed by atoms with Crippen molar-refractivity contribution >= 4 is 17.3 Å². The van der Waals surface area contributed by atoms with E-state index in [9.17, 15) is 0 Å². The van der Waals surface area contributed by atoms with Crippen LogP contribution >= 0.6 is 12.2 Å². The summed E-state index contributed by atoms with van der Waals surface area (Å²) < 4.78 is 4.25. The van der Waals surface area contributed by atoms with E-state index in [0.29, 0.717) is 0 Å². The number of rotatable bonds is 0. The Morgan fingerprint density at radius 3 is 1.43 bits per heavy atom. The summed E-state index contributed by atoms with van der Waals surface area (Å²) in [4.78, 5) is 0. The van der Waals surface area contributed by atoms with E-state index in [2.05, 4.69) is 28.4 Å². The molecule has 4 N–H and O–H groups in total. The lowest BCUT2D eigenvalue weighted by atomic mass is 11.3. The minimum absolute atomic E-state index is 0.000000000000000222. The Hall–Kier alpha value is -0.350. The average Bonchev–Trinajstić information content (AvgIpc) is 1.33. The van der Waals surface area contributed by atoms with Gasteiger partial charge in [-0.05, 0) is 12.2 Å². The molecule has 0 fully saturated rings. The molecule has 0 spiro atoms. The highest BCUT2D eigenvalue weighted by Gasteiger charge is 1.53. The van der Waals surface area contributed by atoms with Crippen LogP contribution in [-0.4, -0.2) is 19.3 Å². The van der Waals surface area contributed by atoms with Crippen molar-refractivity contribution in [2.24, 2.45) is 11.5 Å². The van der Waals surface area contributed by atoms with E-state index in [4.69, 9.17) is 0 Å². The number of nitrogens with two attached hydrogens (primary N) is 2. The minimum atomic E-state index is 0.000000000000000222. The zero-order valence-corrected chi connectivity index (χ0v) is 5.29. The van der Waals surface area contributed by atoms with Gasteiger partial charge >= 0.3 is 0 Å². The molecule has 0 aliphatic heterocycles. The fourth-order valence-corrected chi connectivity index (χ4v) is 0. The maximum atomic E-state index is 4.62. The first kappa shape index (κ1) is 9.82. The van der Waals surface area contributed by atoms with Crippen LogP contribution in [0.2, 0.25) is 0 Å². The van der Waals surface area contributed by atoms with E-state index in [-0.39, 0.29) is 5.11 Å². The molecule has 0 aromatic heterocycles. The van der Waals surface area contributed by atoms with Crippen molar-refractivity contribution in [3.05, 3.63) is 0 Å². The monoisotopic (exact) mass is 122 g/mol. The number of methoxy groups -OCH3 is 1. The van der Waals surface area contributed by atoms with Crippen LogP contribution in [0.4, 0.5) is 0 Å². The first-order valence-corrected chi connectivity index (χ1v) is 2.01. The zero-order chi connectivity index (χ0) is 6.28. The van der Waals surface area contributed by atoms with Gasteiger partial charge in [0.15, 0.2) is 5.11 Å². The summed E-state index contributed by atoms with van der Waals surface area (Å²) in [6, 6.07) is 0. The summed E-state index contributed by atoms with van der Waals surface area (Å²) in [6.45, 7) is 0. The molecule has 0 saturated heterocycles. The Labute approximate surface area is 48.6 Å². The lowest BCUT2D eigenvalue weighted by molar-refractivity contribution is 0.277. The molecule has 0 aromatic rings. The molecule has 7 heavy (non-hydrogen) atoms. The van der Waals surface area contributed by atoms with Crippen molar-refractivity contribution < 1.29 is 4.74 Å². The first-order valence-electron chi connectivity index (χ1n) is 1.60. The van der Waals surface area contributed by atoms with Crippen LogP contribution in [-0.2, 0) is 4.74 Å². The van der Waals surface area contributed by atoms with Crippen molar-refractivity contribution in [2.45, 2.75) is 0 Å². The van der Waals surface area contributed by atoms with Crippen molar-refractivity contribution in [1.29, 1.82) is 0 Å². The Morgan fingerprint density at radius 1 is 1.43 bits per heavy atom. The third-order valence-electron chi connectivity index (χ3n) is 0. The smallest absolute Gasteiger partial charge is 0.160 e. The standard InChI is InChI=1S/C2H6O.CH4N2S/c1-3-2;2-1(3)4/h1-2H3;(H4,2,3,4). The van der Waals surface area contributed by atoms with Crippen LogP contribution < -0.4 is 11.5 Å². The molecule has 0 aromatic carbocycles. The Morgan fingerprint density at radius 2 is 1.43 bits per heavy atom. The summed E-state index contributed by atoms with van der Waals surface area (Å²) in [5.74, 6) is 0. The molecule has 0 aliphatic carbocycles. The van der Waals surface area contributed by atoms with E-state index >= 15 is 0 Å². The molecule has 0 aliphatic rings. The predicted octanol–water partition coefficient (Wildman–Crippen LogP) is -0.549. The maximum Gasteiger partial charge on any atom is 0.160 e. The normalized spacial score (nSPS) is 6.00. The number of hydrogen-bond donors (Lipinski definition) is 2. The molecule has 0 saturated carbocycles. The van der Waals surface area contributed by atoms with E-state index in [0.717, 1.165) is 0 Å². The van der Waals surface area contributed by atoms with Gasteiger partial charge in [-0.3, -0.25) is 0 Å². The quantitative estimate of drug-likeness (QED) is 0.423. The number of ether oxygens (including phenoxy) is 1. The molecule has 0 bridgehead atoms. The van der Waals surface area contributed by atoms with Crippen LogP contribution in [0, 0.1) is 0 Å². The van der Waals surface area contributed by atoms with Gasteiger partial charge in [0.25, 0.3) is 0 Å². The topological polar surface area (TPSA) is 61.3 Å². The summed E-state index contributed by atoms with van der Waals surface area (Å²) in [7, 11) is 3.25. The van der Waals surface area contributed by atoms with Gasteiger partial charge in [-0.1, -0.05) is 0 Å². The van der Waals surface area contributed by atoms with Crippen molar-refractivity contribution in [2.75, 3.05) is 14.2 Å². The van der Waals surface area contributed by atoms with Gasteiger partial charge in [-0.25, -0.2) is 0 Å². The van der Waals surface area contributed by atoms with Gasteiger partial charge in [-0.15, -0.1) is 0 Å². The SMILES string of the molecule is COC.NC(N)=S. The van der Waals surface area contributed by atoms with Crippen molar-refractivity contribution in [3.63, 3.8) is 0 Å². The van der Waals surface area contributed by atoms with Crippen molar-refractivity contribution in [1.82, 2.24) is 0 Å². The van der Waals surface area contributed by atoms with Crippen LogP contribution in [0.1, 0.15) is 0 Å². The fourth-order valence-electron chi connectivity index (χ4n) is 0. The van der Waals surface area contributed by atoms with Gasteiger partial charge in [0.2, 0.25) is 0 Å². The second-order valence-electron chi connectivity index (χ2n) is 0.811. The van der Waals surface area contributed by atoms with Gasteiger partial charge in [0.1, 0.15) is 0 Å². The summed E-state index contributed by atoms with van der Waals surface area (Å²) >= 11 is 4.09.